The highest BCUT2D eigenvalue weighted by molar-refractivity contribution is 7.89. The second-order valence-electron chi connectivity index (χ2n) is 8.19. The maximum Gasteiger partial charge on any atom is 0.238 e. The quantitative estimate of drug-likeness (QED) is 0.738. The molecular formula is C21H28ClN3O2S2. The second kappa shape index (κ2) is 8.94. The van der Waals surface area contributed by atoms with Crippen LogP contribution in [0.3, 0.4) is 0 Å². The normalized spacial score (nSPS) is 20.3. The van der Waals surface area contributed by atoms with E-state index in [1.807, 2.05) is 18.2 Å². The molecule has 1 aromatic heterocycles. The molecule has 2 aromatic rings. The van der Waals surface area contributed by atoms with Crippen LogP contribution in [0.5, 0.6) is 0 Å². The fourth-order valence-electron chi connectivity index (χ4n) is 4.53. The van der Waals surface area contributed by atoms with Crippen LogP contribution < -0.4 is 10.0 Å². The number of hydrogen-bond acceptors (Lipinski definition) is 5. The van der Waals surface area contributed by atoms with E-state index in [1.165, 1.54) is 50.2 Å². The predicted molar refractivity (Wildman–Crippen MR) is 120 cm³/mol. The second-order valence-corrected chi connectivity index (χ2v) is 11.5. The van der Waals surface area contributed by atoms with Gasteiger partial charge in [0.25, 0.3) is 0 Å². The summed E-state index contributed by atoms with van der Waals surface area (Å²) in [4.78, 5) is 6.59. The Hall–Kier alpha value is -1.12. The standard InChI is InChI=1S/C21H28ClN3O2S2/c22-21-6-5-20(28-21)17-9-11-24(12-10-17)15-16-7-13-25(14-8-16)18-1-3-19(4-2-18)29(23,26)27/h1-6,16-17H,7-15H2,(H2,23,26,27). The molecule has 0 amide bonds. The van der Waals surface area contributed by atoms with Crippen molar-refractivity contribution in [1.82, 2.24) is 4.90 Å². The van der Waals surface area contributed by atoms with Crippen molar-refractivity contribution in [3.05, 3.63) is 45.6 Å². The fourth-order valence-corrected chi connectivity index (χ4v) is 6.28. The molecule has 2 aliphatic rings. The summed E-state index contributed by atoms with van der Waals surface area (Å²) in [5.74, 6) is 1.41. The predicted octanol–water partition coefficient (Wildman–Crippen LogP) is 4.14. The van der Waals surface area contributed by atoms with E-state index in [0.29, 0.717) is 5.92 Å². The third-order valence-corrected chi connectivity index (χ3v) is 8.57. The van der Waals surface area contributed by atoms with Gasteiger partial charge in [-0.15, -0.1) is 11.3 Å². The van der Waals surface area contributed by atoms with Crippen LogP contribution in [0.25, 0.3) is 0 Å². The molecule has 2 fully saturated rings. The average Bonchev–Trinajstić information content (AvgIpc) is 3.15. The molecule has 29 heavy (non-hydrogen) atoms. The lowest BCUT2D eigenvalue weighted by molar-refractivity contribution is 0.171. The first-order valence-corrected chi connectivity index (χ1v) is 13.0. The molecule has 1 aromatic carbocycles. The van der Waals surface area contributed by atoms with Gasteiger partial charge in [0.15, 0.2) is 0 Å². The summed E-state index contributed by atoms with van der Waals surface area (Å²) < 4.78 is 23.7. The molecular weight excluding hydrogens is 426 g/mol. The lowest BCUT2D eigenvalue weighted by atomic mass is 9.92. The molecule has 3 heterocycles. The Morgan fingerprint density at radius 1 is 0.966 bits per heavy atom. The van der Waals surface area contributed by atoms with Gasteiger partial charge in [-0.05, 0) is 87.0 Å². The van der Waals surface area contributed by atoms with Gasteiger partial charge in [0.1, 0.15) is 0 Å². The van der Waals surface area contributed by atoms with Crippen LogP contribution in [0.15, 0.2) is 41.3 Å². The van der Waals surface area contributed by atoms with Crippen LogP contribution in [0.1, 0.15) is 36.5 Å². The van der Waals surface area contributed by atoms with Crippen LogP contribution >= 0.6 is 22.9 Å². The number of likely N-dealkylation sites (tertiary alicyclic amines) is 1. The third-order valence-electron chi connectivity index (χ3n) is 6.25. The monoisotopic (exact) mass is 453 g/mol. The van der Waals surface area contributed by atoms with Crippen LogP contribution in [-0.2, 0) is 10.0 Å². The molecule has 2 aliphatic heterocycles. The molecule has 158 valence electrons. The van der Waals surface area contributed by atoms with Gasteiger partial charge in [-0.3, -0.25) is 0 Å². The minimum Gasteiger partial charge on any atom is -0.372 e. The summed E-state index contributed by atoms with van der Waals surface area (Å²) in [5.41, 5.74) is 1.08. The number of halogens is 1. The molecule has 8 heteroatoms. The number of thiophene rings is 1. The smallest absolute Gasteiger partial charge is 0.238 e. The average molecular weight is 454 g/mol. The highest BCUT2D eigenvalue weighted by Crippen LogP contribution is 2.35. The Balaban J connectivity index is 1.23. The Labute approximate surface area is 182 Å². The topological polar surface area (TPSA) is 66.6 Å². The summed E-state index contributed by atoms with van der Waals surface area (Å²) in [6, 6.07) is 11.1. The first-order chi connectivity index (χ1) is 13.9. The summed E-state index contributed by atoms with van der Waals surface area (Å²) in [7, 11) is -3.63. The van der Waals surface area contributed by atoms with E-state index in [9.17, 15) is 8.42 Å². The Bertz CT molecular complexity index is 914. The van der Waals surface area contributed by atoms with Gasteiger partial charge >= 0.3 is 0 Å². The van der Waals surface area contributed by atoms with Gasteiger partial charge in [0.05, 0.1) is 9.23 Å². The Morgan fingerprint density at radius 3 is 2.17 bits per heavy atom. The van der Waals surface area contributed by atoms with Gasteiger partial charge in [0, 0.05) is 30.2 Å². The first-order valence-electron chi connectivity index (χ1n) is 10.2. The van der Waals surface area contributed by atoms with Crippen LogP contribution in [0, 0.1) is 5.92 Å². The first kappa shape index (κ1) is 21.1. The van der Waals surface area contributed by atoms with E-state index in [2.05, 4.69) is 15.9 Å². The van der Waals surface area contributed by atoms with E-state index < -0.39 is 10.0 Å². The number of benzene rings is 1. The molecule has 4 rings (SSSR count). The zero-order valence-corrected chi connectivity index (χ0v) is 18.9. The van der Waals surface area contributed by atoms with Crippen molar-refractivity contribution in [1.29, 1.82) is 0 Å². The lowest BCUT2D eigenvalue weighted by Crippen LogP contribution is -2.41. The highest BCUT2D eigenvalue weighted by Gasteiger charge is 2.26. The fraction of sp³-hybridized carbons (Fsp3) is 0.524. The third kappa shape index (κ3) is 5.33. The number of nitrogens with zero attached hydrogens (tertiary/aromatic N) is 2. The van der Waals surface area contributed by atoms with Gasteiger partial charge in [-0.2, -0.15) is 0 Å². The van der Waals surface area contributed by atoms with E-state index in [0.717, 1.165) is 29.0 Å². The van der Waals surface area contributed by atoms with Crippen molar-refractivity contribution in [2.24, 2.45) is 11.1 Å². The Morgan fingerprint density at radius 2 is 1.62 bits per heavy atom. The molecule has 0 saturated carbocycles. The summed E-state index contributed by atoms with van der Waals surface area (Å²) in [6.45, 7) is 5.58. The molecule has 0 atom stereocenters. The molecule has 2 N–H and O–H groups in total. The number of anilines is 1. The summed E-state index contributed by atoms with van der Waals surface area (Å²) in [5, 5.41) is 5.18. The molecule has 5 nitrogen and oxygen atoms in total. The van der Waals surface area contributed by atoms with Crippen molar-refractivity contribution in [3.8, 4) is 0 Å². The zero-order chi connectivity index (χ0) is 20.4. The number of hydrogen-bond donors (Lipinski definition) is 1. The number of sulfonamides is 1. The molecule has 0 radical (unpaired) electrons. The van der Waals surface area contributed by atoms with Crippen molar-refractivity contribution in [2.75, 3.05) is 37.6 Å². The minimum atomic E-state index is -3.63. The minimum absolute atomic E-state index is 0.171. The summed E-state index contributed by atoms with van der Waals surface area (Å²) in [6.07, 6.45) is 4.81. The zero-order valence-electron chi connectivity index (χ0n) is 16.5. The molecule has 2 saturated heterocycles. The van der Waals surface area contributed by atoms with Gasteiger partial charge in [-0.25, -0.2) is 13.6 Å². The number of nitrogens with two attached hydrogens (primary N) is 1. The molecule has 0 bridgehead atoms. The number of rotatable bonds is 5. The van der Waals surface area contributed by atoms with Crippen molar-refractivity contribution >= 4 is 38.6 Å². The van der Waals surface area contributed by atoms with Crippen molar-refractivity contribution in [2.45, 2.75) is 36.5 Å². The van der Waals surface area contributed by atoms with Gasteiger partial charge < -0.3 is 9.80 Å². The van der Waals surface area contributed by atoms with Crippen molar-refractivity contribution < 1.29 is 8.42 Å². The largest absolute Gasteiger partial charge is 0.372 e. The van der Waals surface area contributed by atoms with E-state index in [4.69, 9.17) is 16.7 Å². The molecule has 0 aliphatic carbocycles. The molecule has 0 unspecified atom stereocenters. The SMILES string of the molecule is NS(=O)(=O)c1ccc(N2CCC(CN3CCC(c4ccc(Cl)s4)CC3)CC2)cc1. The van der Waals surface area contributed by atoms with E-state index >= 15 is 0 Å². The van der Waals surface area contributed by atoms with Gasteiger partial charge in [-0.1, -0.05) is 11.6 Å². The van der Waals surface area contributed by atoms with Crippen LogP contribution in [0.4, 0.5) is 5.69 Å². The van der Waals surface area contributed by atoms with E-state index in [-0.39, 0.29) is 4.90 Å². The van der Waals surface area contributed by atoms with Crippen molar-refractivity contribution in [3.63, 3.8) is 0 Å². The lowest BCUT2D eigenvalue weighted by Gasteiger charge is -2.38. The Kier molecular flexibility index (Phi) is 6.51. The van der Waals surface area contributed by atoms with Crippen LogP contribution in [0.2, 0.25) is 4.34 Å². The van der Waals surface area contributed by atoms with Gasteiger partial charge in [0.2, 0.25) is 10.0 Å². The van der Waals surface area contributed by atoms with E-state index in [1.54, 1.807) is 23.5 Å². The maximum absolute atomic E-state index is 11.4. The maximum atomic E-state index is 11.4. The number of piperidine rings is 2. The molecule has 0 spiro atoms. The highest BCUT2D eigenvalue weighted by atomic mass is 35.5. The number of primary sulfonamides is 1. The van der Waals surface area contributed by atoms with Crippen LogP contribution in [-0.4, -0.2) is 46.0 Å². The summed E-state index contributed by atoms with van der Waals surface area (Å²) >= 11 is 7.83.